The van der Waals surface area contributed by atoms with Crippen molar-refractivity contribution in [3.8, 4) is 11.5 Å². The Hall–Kier alpha value is -1.99. The summed E-state index contributed by atoms with van der Waals surface area (Å²) in [6.45, 7) is 0. The van der Waals surface area contributed by atoms with Gasteiger partial charge in [-0.2, -0.15) is 0 Å². The van der Waals surface area contributed by atoms with Crippen molar-refractivity contribution in [2.75, 3.05) is 0 Å². The lowest BCUT2D eigenvalue weighted by molar-refractivity contribution is 0.404. The van der Waals surface area contributed by atoms with Crippen molar-refractivity contribution in [1.82, 2.24) is 4.98 Å². The molecule has 2 aromatic carbocycles. The molecule has 1 aromatic heterocycles. The molecule has 0 radical (unpaired) electrons. The van der Waals surface area contributed by atoms with E-state index in [1.54, 1.807) is 6.07 Å². The molecule has 1 heterocycles. The molecule has 0 bridgehead atoms. The molecule has 0 aliphatic carbocycles. The number of rotatable bonds is 2. The molecular weight excluding hydrogens is 342 g/mol. The molecule has 3 rings (SSSR count). The number of thiazole rings is 1. The number of hydrogen-bond acceptors (Lipinski definition) is 6. The van der Waals surface area contributed by atoms with Gasteiger partial charge in [-0.3, -0.25) is 0 Å². The van der Waals surface area contributed by atoms with Gasteiger partial charge in [-0.25, -0.2) is 4.98 Å². The SMILES string of the molecule is Oc1ccc(N=Nc2nc3ccc(Br)cc3s2)cc1O. The lowest BCUT2D eigenvalue weighted by Gasteiger charge is -1.96. The van der Waals surface area contributed by atoms with E-state index in [4.69, 9.17) is 0 Å². The molecule has 7 heteroatoms. The van der Waals surface area contributed by atoms with Crippen LogP contribution in [0.3, 0.4) is 0 Å². The Bertz CT molecular complexity index is 816. The van der Waals surface area contributed by atoms with Crippen molar-refractivity contribution in [3.05, 3.63) is 40.9 Å². The molecule has 0 saturated heterocycles. The summed E-state index contributed by atoms with van der Waals surface area (Å²) in [5, 5.41) is 27.1. The maximum atomic E-state index is 9.37. The van der Waals surface area contributed by atoms with Gasteiger partial charge >= 0.3 is 0 Å². The van der Waals surface area contributed by atoms with E-state index in [1.165, 1.54) is 23.5 Å². The number of halogens is 1. The maximum absolute atomic E-state index is 9.37. The molecule has 0 aliphatic heterocycles. The number of azo groups is 1. The van der Waals surface area contributed by atoms with Gasteiger partial charge in [-0.15, -0.1) is 10.2 Å². The molecule has 0 unspecified atom stereocenters. The van der Waals surface area contributed by atoms with Crippen molar-refractivity contribution in [1.29, 1.82) is 0 Å². The number of phenolic OH excluding ortho intramolecular Hbond substituents is 2. The first kappa shape index (κ1) is 13.0. The van der Waals surface area contributed by atoms with E-state index in [1.807, 2.05) is 18.2 Å². The van der Waals surface area contributed by atoms with Crippen molar-refractivity contribution in [2.45, 2.75) is 0 Å². The van der Waals surface area contributed by atoms with Crippen molar-refractivity contribution < 1.29 is 10.2 Å². The van der Waals surface area contributed by atoms with Crippen LogP contribution in [0.25, 0.3) is 10.2 Å². The molecule has 0 fully saturated rings. The highest BCUT2D eigenvalue weighted by Gasteiger charge is 2.04. The first-order valence-electron chi connectivity index (χ1n) is 5.61. The van der Waals surface area contributed by atoms with Gasteiger partial charge in [0.25, 0.3) is 0 Å². The highest BCUT2D eigenvalue weighted by Crippen LogP contribution is 2.33. The maximum Gasteiger partial charge on any atom is 0.231 e. The summed E-state index contributed by atoms with van der Waals surface area (Å²) < 4.78 is 2.00. The topological polar surface area (TPSA) is 78.1 Å². The minimum atomic E-state index is -0.227. The quantitative estimate of drug-likeness (QED) is 0.510. The van der Waals surface area contributed by atoms with Gasteiger partial charge < -0.3 is 10.2 Å². The largest absolute Gasteiger partial charge is 0.504 e. The average molecular weight is 350 g/mol. The first-order valence-corrected chi connectivity index (χ1v) is 7.22. The highest BCUT2D eigenvalue weighted by atomic mass is 79.9. The first-order chi connectivity index (χ1) is 9.61. The second-order valence-electron chi connectivity index (χ2n) is 3.98. The van der Waals surface area contributed by atoms with Crippen LogP contribution in [0.5, 0.6) is 11.5 Å². The molecular formula is C13H8BrN3O2S. The zero-order valence-electron chi connectivity index (χ0n) is 9.99. The summed E-state index contributed by atoms with van der Waals surface area (Å²) in [6, 6.07) is 10.0. The van der Waals surface area contributed by atoms with Gasteiger partial charge in [0.05, 0.1) is 15.9 Å². The fraction of sp³-hybridized carbons (Fsp3) is 0. The van der Waals surface area contributed by atoms with Gasteiger partial charge in [0.15, 0.2) is 11.5 Å². The lowest BCUT2D eigenvalue weighted by atomic mass is 10.3. The van der Waals surface area contributed by atoms with Gasteiger partial charge in [0, 0.05) is 10.5 Å². The molecule has 3 aromatic rings. The van der Waals surface area contributed by atoms with E-state index in [2.05, 4.69) is 31.1 Å². The van der Waals surface area contributed by atoms with Gasteiger partial charge in [0.1, 0.15) is 0 Å². The van der Waals surface area contributed by atoms with Crippen LogP contribution in [0.2, 0.25) is 0 Å². The van der Waals surface area contributed by atoms with Crippen LogP contribution in [-0.2, 0) is 0 Å². The molecule has 5 nitrogen and oxygen atoms in total. The summed E-state index contributed by atoms with van der Waals surface area (Å²) in [5.41, 5.74) is 1.31. The van der Waals surface area contributed by atoms with E-state index in [0.717, 1.165) is 14.7 Å². The van der Waals surface area contributed by atoms with Gasteiger partial charge in [-0.05, 0) is 30.3 Å². The standard InChI is InChI=1S/C13H8BrN3O2S/c14-7-1-3-9-12(5-7)20-13(15-9)17-16-8-2-4-10(18)11(19)6-8/h1-6,18-19H. The smallest absolute Gasteiger partial charge is 0.231 e. The summed E-state index contributed by atoms with van der Waals surface area (Å²) in [7, 11) is 0. The van der Waals surface area contributed by atoms with Crippen LogP contribution >= 0.6 is 27.3 Å². The molecule has 0 atom stereocenters. The van der Waals surface area contributed by atoms with E-state index >= 15 is 0 Å². The summed E-state index contributed by atoms with van der Waals surface area (Å²) >= 11 is 4.83. The molecule has 100 valence electrons. The fourth-order valence-electron chi connectivity index (χ4n) is 1.60. The average Bonchev–Trinajstić information content (AvgIpc) is 2.82. The monoisotopic (exact) mass is 349 g/mol. The molecule has 0 amide bonds. The van der Waals surface area contributed by atoms with Crippen LogP contribution in [0.4, 0.5) is 10.8 Å². The van der Waals surface area contributed by atoms with Crippen molar-refractivity contribution in [3.63, 3.8) is 0 Å². The number of hydrogen-bond donors (Lipinski definition) is 2. The lowest BCUT2D eigenvalue weighted by Crippen LogP contribution is -1.68. The number of benzene rings is 2. The zero-order valence-corrected chi connectivity index (χ0v) is 12.4. The Morgan fingerprint density at radius 1 is 1.00 bits per heavy atom. The van der Waals surface area contributed by atoms with Gasteiger partial charge in [0.2, 0.25) is 5.13 Å². The van der Waals surface area contributed by atoms with E-state index in [0.29, 0.717) is 10.8 Å². The summed E-state index contributed by atoms with van der Waals surface area (Å²) in [6.07, 6.45) is 0. The Labute approximate surface area is 126 Å². The fourth-order valence-corrected chi connectivity index (χ4v) is 2.94. The predicted molar refractivity (Wildman–Crippen MR) is 81.3 cm³/mol. The number of phenols is 2. The second-order valence-corrected chi connectivity index (χ2v) is 5.91. The third-order valence-electron chi connectivity index (χ3n) is 2.55. The molecule has 0 aliphatic rings. The van der Waals surface area contributed by atoms with Crippen LogP contribution in [0.1, 0.15) is 0 Å². The highest BCUT2D eigenvalue weighted by molar-refractivity contribution is 9.10. The second kappa shape index (κ2) is 5.18. The van der Waals surface area contributed by atoms with Gasteiger partial charge in [-0.1, -0.05) is 27.3 Å². The zero-order chi connectivity index (χ0) is 14.1. The third kappa shape index (κ3) is 2.63. The minimum Gasteiger partial charge on any atom is -0.504 e. The van der Waals surface area contributed by atoms with Crippen molar-refractivity contribution >= 4 is 48.3 Å². The van der Waals surface area contributed by atoms with Crippen molar-refractivity contribution in [2.24, 2.45) is 10.2 Å². The van der Waals surface area contributed by atoms with Crippen LogP contribution in [0, 0.1) is 0 Å². The molecule has 0 spiro atoms. The third-order valence-corrected chi connectivity index (χ3v) is 3.94. The minimum absolute atomic E-state index is 0.186. The normalized spacial score (nSPS) is 11.4. The Kier molecular flexibility index (Phi) is 3.37. The Balaban J connectivity index is 1.91. The Morgan fingerprint density at radius 2 is 1.85 bits per heavy atom. The Morgan fingerprint density at radius 3 is 2.65 bits per heavy atom. The van der Waals surface area contributed by atoms with E-state index in [-0.39, 0.29) is 11.5 Å². The van der Waals surface area contributed by atoms with Crippen LogP contribution < -0.4 is 0 Å². The molecule has 2 N–H and O–H groups in total. The molecule has 20 heavy (non-hydrogen) atoms. The summed E-state index contributed by atoms with van der Waals surface area (Å²) in [4.78, 5) is 4.33. The number of aromatic nitrogens is 1. The number of aromatic hydroxyl groups is 2. The van der Waals surface area contributed by atoms with Crippen LogP contribution in [0.15, 0.2) is 51.1 Å². The number of nitrogens with zero attached hydrogens (tertiary/aromatic N) is 3. The summed E-state index contributed by atoms with van der Waals surface area (Å²) in [5.74, 6) is -0.413. The van der Waals surface area contributed by atoms with E-state index < -0.39 is 0 Å². The predicted octanol–water partition coefficient (Wildman–Crippen LogP) is 4.89. The molecule has 0 saturated carbocycles. The van der Waals surface area contributed by atoms with E-state index in [9.17, 15) is 10.2 Å². The van der Waals surface area contributed by atoms with Crippen LogP contribution in [-0.4, -0.2) is 15.2 Å². The number of fused-ring (bicyclic) bond motifs is 1.